The molecule has 2 saturated heterocycles. The van der Waals surface area contributed by atoms with E-state index in [4.69, 9.17) is 27.9 Å². The minimum atomic E-state index is -3.27. The summed E-state index contributed by atoms with van der Waals surface area (Å²) in [5.74, 6) is 0.411. The van der Waals surface area contributed by atoms with Crippen molar-refractivity contribution in [1.82, 2.24) is 0 Å². The van der Waals surface area contributed by atoms with Gasteiger partial charge in [-0.2, -0.15) is 0 Å². The van der Waals surface area contributed by atoms with Gasteiger partial charge in [-0.15, -0.1) is 0 Å². The predicted molar refractivity (Wildman–Crippen MR) is 106 cm³/mol. The summed E-state index contributed by atoms with van der Waals surface area (Å²) >= 11 is 12.1. The number of hydrogen-bond acceptors (Lipinski definition) is 4. The minimum Gasteiger partial charge on any atom is -0.497 e. The Morgan fingerprint density at radius 2 is 1.59 bits per heavy atom. The number of sulfone groups is 1. The van der Waals surface area contributed by atoms with Crippen LogP contribution in [0.3, 0.4) is 0 Å². The highest BCUT2D eigenvalue weighted by Gasteiger charge is 2.54. The second-order valence-corrected chi connectivity index (χ2v) is 9.50. The maximum Gasteiger partial charge on any atom is 0.329 e. The molecule has 2 heterocycles. The minimum absolute atomic E-state index is 0.0849. The summed E-state index contributed by atoms with van der Waals surface area (Å²) in [6.07, 6.45) is 0. The molecule has 2 aromatic rings. The highest BCUT2D eigenvalue weighted by Crippen LogP contribution is 2.40. The van der Waals surface area contributed by atoms with Gasteiger partial charge >= 0.3 is 6.03 Å². The number of urea groups is 1. The molecule has 2 unspecified atom stereocenters. The summed E-state index contributed by atoms with van der Waals surface area (Å²) in [6.45, 7) is 0. The summed E-state index contributed by atoms with van der Waals surface area (Å²) in [5.41, 5.74) is 1.11. The normalized spacial score (nSPS) is 23.6. The number of hydrogen-bond donors (Lipinski definition) is 0. The Bertz CT molecular complexity index is 1030. The van der Waals surface area contributed by atoms with E-state index in [9.17, 15) is 13.2 Å². The number of ether oxygens (including phenoxy) is 1. The summed E-state index contributed by atoms with van der Waals surface area (Å²) in [6, 6.07) is 10.6. The molecule has 6 nitrogen and oxygen atoms in total. The molecule has 2 aliphatic heterocycles. The molecule has 2 amide bonds. The van der Waals surface area contributed by atoms with E-state index in [-0.39, 0.29) is 17.5 Å². The monoisotopic (exact) mass is 426 g/mol. The number of fused-ring (bicyclic) bond motifs is 1. The molecule has 0 N–H and O–H groups in total. The van der Waals surface area contributed by atoms with E-state index in [1.807, 2.05) is 0 Å². The number of methoxy groups -OCH3 is 1. The van der Waals surface area contributed by atoms with Crippen molar-refractivity contribution < 1.29 is 17.9 Å². The first-order valence-corrected chi connectivity index (χ1v) is 10.8. The van der Waals surface area contributed by atoms with Crippen molar-refractivity contribution in [1.29, 1.82) is 0 Å². The number of amides is 2. The standard InChI is InChI=1S/C18H16Cl2N2O4S/c1-26-13-4-2-3-11(7-13)21-16-9-27(24,25)10-17(16)22(18(21)23)12-5-6-14(19)15(20)8-12/h2-8,16-17H,9-10H2,1H3. The van der Waals surface area contributed by atoms with Gasteiger partial charge in [0, 0.05) is 17.4 Å². The van der Waals surface area contributed by atoms with Gasteiger partial charge in [-0.1, -0.05) is 29.3 Å². The van der Waals surface area contributed by atoms with Gasteiger partial charge in [-0.05, 0) is 30.3 Å². The molecule has 2 aromatic carbocycles. The van der Waals surface area contributed by atoms with Gasteiger partial charge in [-0.25, -0.2) is 13.2 Å². The number of nitrogens with zero attached hydrogens (tertiary/aromatic N) is 2. The quantitative estimate of drug-likeness (QED) is 0.702. The van der Waals surface area contributed by atoms with Gasteiger partial charge in [0.2, 0.25) is 0 Å². The summed E-state index contributed by atoms with van der Waals surface area (Å²) in [4.78, 5) is 16.3. The van der Waals surface area contributed by atoms with Gasteiger partial charge in [0.05, 0.1) is 40.7 Å². The molecule has 0 spiro atoms. The average molecular weight is 427 g/mol. The van der Waals surface area contributed by atoms with Crippen LogP contribution in [0.15, 0.2) is 42.5 Å². The first-order valence-electron chi connectivity index (χ1n) is 8.23. The Morgan fingerprint density at radius 3 is 2.19 bits per heavy atom. The van der Waals surface area contributed by atoms with E-state index in [0.29, 0.717) is 27.2 Å². The van der Waals surface area contributed by atoms with Gasteiger partial charge in [0.1, 0.15) is 5.75 Å². The van der Waals surface area contributed by atoms with Crippen LogP contribution in [0.2, 0.25) is 10.0 Å². The van der Waals surface area contributed by atoms with Gasteiger partial charge in [0.25, 0.3) is 0 Å². The fraction of sp³-hybridized carbons (Fsp3) is 0.278. The fourth-order valence-corrected chi connectivity index (χ4v) is 5.91. The number of carbonyl (C=O) groups excluding carboxylic acids is 1. The Balaban J connectivity index is 1.81. The number of anilines is 2. The van der Waals surface area contributed by atoms with E-state index in [2.05, 4.69) is 0 Å². The molecule has 27 heavy (non-hydrogen) atoms. The van der Waals surface area contributed by atoms with Crippen molar-refractivity contribution >= 4 is 50.4 Å². The molecular formula is C18H16Cl2N2O4S. The topological polar surface area (TPSA) is 66.9 Å². The van der Waals surface area contributed by atoms with E-state index < -0.39 is 21.9 Å². The molecule has 2 aliphatic rings. The molecule has 0 aliphatic carbocycles. The molecule has 0 aromatic heterocycles. The van der Waals surface area contributed by atoms with Crippen molar-refractivity contribution in [2.24, 2.45) is 0 Å². The first kappa shape index (κ1) is 18.4. The lowest BCUT2D eigenvalue weighted by molar-refractivity contribution is 0.255. The van der Waals surface area contributed by atoms with E-state index in [0.717, 1.165) is 0 Å². The van der Waals surface area contributed by atoms with E-state index >= 15 is 0 Å². The molecule has 0 radical (unpaired) electrons. The van der Waals surface area contributed by atoms with Crippen molar-refractivity contribution in [3.05, 3.63) is 52.5 Å². The second-order valence-electron chi connectivity index (χ2n) is 6.53. The largest absolute Gasteiger partial charge is 0.497 e. The van der Waals surface area contributed by atoms with Crippen molar-refractivity contribution in [2.75, 3.05) is 28.4 Å². The summed E-state index contributed by atoms with van der Waals surface area (Å²) < 4.78 is 29.9. The molecule has 142 valence electrons. The summed E-state index contributed by atoms with van der Waals surface area (Å²) in [5, 5.41) is 0.673. The average Bonchev–Trinajstić information content (AvgIpc) is 3.06. The van der Waals surface area contributed by atoms with Crippen LogP contribution in [-0.4, -0.2) is 45.1 Å². The molecular weight excluding hydrogens is 411 g/mol. The maximum absolute atomic E-state index is 13.3. The number of benzene rings is 2. The van der Waals surface area contributed by atoms with Crippen LogP contribution < -0.4 is 14.5 Å². The SMILES string of the molecule is COc1cccc(N2C(=O)N(c3ccc(Cl)c(Cl)c3)C3CS(=O)(=O)CC32)c1. The van der Waals surface area contributed by atoms with Gasteiger partial charge in [-0.3, -0.25) is 9.80 Å². The molecule has 0 saturated carbocycles. The second kappa shape index (κ2) is 6.58. The van der Waals surface area contributed by atoms with Crippen molar-refractivity contribution in [3.8, 4) is 5.75 Å². The Morgan fingerprint density at radius 1 is 0.963 bits per heavy atom. The third-order valence-electron chi connectivity index (χ3n) is 4.88. The number of carbonyl (C=O) groups is 1. The predicted octanol–water partition coefficient (Wildman–Crippen LogP) is 3.61. The van der Waals surface area contributed by atoms with Gasteiger partial charge in [0.15, 0.2) is 9.84 Å². The molecule has 9 heteroatoms. The lowest BCUT2D eigenvalue weighted by Gasteiger charge is -2.23. The third-order valence-corrected chi connectivity index (χ3v) is 7.32. The zero-order valence-corrected chi connectivity index (χ0v) is 16.6. The van der Waals surface area contributed by atoms with E-state index in [1.165, 1.54) is 16.9 Å². The summed E-state index contributed by atoms with van der Waals surface area (Å²) in [7, 11) is -1.73. The van der Waals surface area contributed by atoms with Crippen LogP contribution in [0.5, 0.6) is 5.75 Å². The highest BCUT2D eigenvalue weighted by atomic mass is 35.5. The Labute approximate surface area is 167 Å². The van der Waals surface area contributed by atoms with Crippen LogP contribution >= 0.6 is 23.2 Å². The zero-order valence-electron chi connectivity index (χ0n) is 14.3. The van der Waals surface area contributed by atoms with Crippen molar-refractivity contribution in [2.45, 2.75) is 12.1 Å². The highest BCUT2D eigenvalue weighted by molar-refractivity contribution is 7.91. The first-order chi connectivity index (χ1) is 12.8. The van der Waals surface area contributed by atoms with E-state index in [1.54, 1.807) is 42.5 Å². The van der Waals surface area contributed by atoms with Crippen molar-refractivity contribution in [3.63, 3.8) is 0 Å². The third kappa shape index (κ3) is 3.13. The maximum atomic E-state index is 13.3. The van der Waals surface area contributed by atoms with Crippen LogP contribution in [0.4, 0.5) is 16.2 Å². The lowest BCUT2D eigenvalue weighted by atomic mass is 10.1. The Kier molecular flexibility index (Phi) is 4.49. The number of halogens is 2. The van der Waals surface area contributed by atoms with Crippen LogP contribution in [0.1, 0.15) is 0 Å². The molecule has 0 bridgehead atoms. The fourth-order valence-electron chi connectivity index (χ4n) is 3.70. The zero-order chi connectivity index (χ0) is 19.3. The van der Waals surface area contributed by atoms with Crippen LogP contribution in [0.25, 0.3) is 0 Å². The Hall–Kier alpha value is -1.96. The lowest BCUT2D eigenvalue weighted by Crippen LogP contribution is -2.37. The van der Waals surface area contributed by atoms with Gasteiger partial charge < -0.3 is 4.74 Å². The number of rotatable bonds is 3. The van der Waals surface area contributed by atoms with Crippen LogP contribution in [0, 0.1) is 0 Å². The van der Waals surface area contributed by atoms with Crippen LogP contribution in [-0.2, 0) is 9.84 Å². The molecule has 2 fully saturated rings. The smallest absolute Gasteiger partial charge is 0.329 e. The molecule has 2 atom stereocenters. The molecule has 4 rings (SSSR count).